The van der Waals surface area contributed by atoms with Gasteiger partial charge < -0.3 is 9.47 Å². The lowest BCUT2D eigenvalue weighted by Gasteiger charge is -2.11. The van der Waals surface area contributed by atoms with Gasteiger partial charge in [-0.05, 0) is 43.2 Å². The highest BCUT2D eigenvalue weighted by molar-refractivity contribution is 5.64. The van der Waals surface area contributed by atoms with Gasteiger partial charge in [-0.15, -0.1) is 0 Å². The highest BCUT2D eigenvalue weighted by atomic mass is 16.5. The second kappa shape index (κ2) is 5.04. The predicted octanol–water partition coefficient (Wildman–Crippen LogP) is 2.78. The van der Waals surface area contributed by atoms with Crippen molar-refractivity contribution in [2.75, 3.05) is 14.2 Å². The first-order chi connectivity index (χ1) is 8.65. The van der Waals surface area contributed by atoms with Gasteiger partial charge in [0.1, 0.15) is 5.75 Å². The molecule has 0 aliphatic rings. The zero-order valence-corrected chi connectivity index (χ0v) is 11.0. The van der Waals surface area contributed by atoms with Crippen molar-refractivity contribution >= 4 is 0 Å². The monoisotopic (exact) mass is 244 g/mol. The summed E-state index contributed by atoms with van der Waals surface area (Å²) in [7, 11) is 3.24. The van der Waals surface area contributed by atoms with Crippen molar-refractivity contribution in [1.82, 2.24) is 9.97 Å². The number of aromatic nitrogens is 2. The lowest BCUT2D eigenvalue weighted by Crippen LogP contribution is -1.95. The molecule has 18 heavy (non-hydrogen) atoms. The second-order valence-corrected chi connectivity index (χ2v) is 4.07. The molecule has 2 rings (SSSR count). The number of benzene rings is 1. The SMILES string of the molecule is COc1nccc(-c2cc(C)c(OC)c(C)c2)n1. The zero-order chi connectivity index (χ0) is 13.1. The molecule has 0 radical (unpaired) electrons. The molecule has 4 nitrogen and oxygen atoms in total. The maximum atomic E-state index is 5.35. The molecule has 0 saturated heterocycles. The molecule has 0 aliphatic heterocycles. The fraction of sp³-hybridized carbons (Fsp3) is 0.286. The molecule has 1 aromatic carbocycles. The van der Waals surface area contributed by atoms with Crippen LogP contribution in [0, 0.1) is 13.8 Å². The fourth-order valence-electron chi connectivity index (χ4n) is 2.02. The van der Waals surface area contributed by atoms with Gasteiger partial charge in [-0.25, -0.2) is 4.98 Å². The molecule has 94 valence electrons. The Morgan fingerprint density at radius 1 is 1.00 bits per heavy atom. The number of aryl methyl sites for hydroxylation is 2. The zero-order valence-electron chi connectivity index (χ0n) is 11.0. The molecule has 0 spiro atoms. The molecule has 1 aromatic heterocycles. The van der Waals surface area contributed by atoms with Crippen LogP contribution < -0.4 is 9.47 Å². The van der Waals surface area contributed by atoms with Gasteiger partial charge in [0.05, 0.1) is 19.9 Å². The van der Waals surface area contributed by atoms with Gasteiger partial charge in [-0.3, -0.25) is 0 Å². The quantitative estimate of drug-likeness (QED) is 0.832. The lowest BCUT2D eigenvalue weighted by atomic mass is 10.0. The van der Waals surface area contributed by atoms with Gasteiger partial charge >= 0.3 is 6.01 Å². The van der Waals surface area contributed by atoms with Crippen LogP contribution in [0.25, 0.3) is 11.3 Å². The summed E-state index contributed by atoms with van der Waals surface area (Å²) in [5.74, 6) is 0.916. The summed E-state index contributed by atoms with van der Waals surface area (Å²) in [5.41, 5.74) is 4.05. The van der Waals surface area contributed by atoms with Crippen LogP contribution >= 0.6 is 0 Å². The number of methoxy groups -OCH3 is 2. The van der Waals surface area contributed by atoms with E-state index in [4.69, 9.17) is 9.47 Å². The van der Waals surface area contributed by atoms with E-state index in [0.29, 0.717) is 6.01 Å². The van der Waals surface area contributed by atoms with Crippen molar-refractivity contribution < 1.29 is 9.47 Å². The van der Waals surface area contributed by atoms with Crippen molar-refractivity contribution in [3.05, 3.63) is 35.5 Å². The van der Waals surface area contributed by atoms with Gasteiger partial charge in [0, 0.05) is 11.8 Å². The molecule has 0 bridgehead atoms. The predicted molar refractivity (Wildman–Crippen MR) is 70.0 cm³/mol. The van der Waals surface area contributed by atoms with E-state index < -0.39 is 0 Å². The molecule has 2 aromatic rings. The Kier molecular flexibility index (Phi) is 3.46. The minimum atomic E-state index is 0.374. The van der Waals surface area contributed by atoms with E-state index in [0.717, 1.165) is 28.1 Å². The van der Waals surface area contributed by atoms with Crippen molar-refractivity contribution in [3.8, 4) is 23.0 Å². The van der Waals surface area contributed by atoms with Gasteiger partial charge in [-0.1, -0.05) is 0 Å². The van der Waals surface area contributed by atoms with Crippen molar-refractivity contribution in [1.29, 1.82) is 0 Å². The Bertz CT molecular complexity index is 544. The Hall–Kier alpha value is -2.10. The van der Waals surface area contributed by atoms with Crippen molar-refractivity contribution in [2.24, 2.45) is 0 Å². The average molecular weight is 244 g/mol. The highest BCUT2D eigenvalue weighted by Crippen LogP contribution is 2.29. The van der Waals surface area contributed by atoms with Crippen LogP contribution in [0.5, 0.6) is 11.8 Å². The van der Waals surface area contributed by atoms with E-state index in [2.05, 4.69) is 9.97 Å². The standard InChI is InChI=1S/C14H16N2O2/c1-9-7-11(8-10(2)13(9)17-3)12-5-6-15-14(16-12)18-4/h5-8H,1-4H3. The summed E-state index contributed by atoms with van der Waals surface area (Å²) < 4.78 is 10.4. The Morgan fingerprint density at radius 2 is 1.67 bits per heavy atom. The first-order valence-electron chi connectivity index (χ1n) is 5.68. The topological polar surface area (TPSA) is 44.2 Å². The van der Waals surface area contributed by atoms with Crippen LogP contribution in [-0.2, 0) is 0 Å². The Labute approximate surface area is 107 Å². The number of hydrogen-bond acceptors (Lipinski definition) is 4. The summed E-state index contributed by atoms with van der Waals surface area (Å²) in [6.45, 7) is 4.04. The van der Waals surface area contributed by atoms with Crippen LogP contribution in [0.3, 0.4) is 0 Å². The third-order valence-electron chi connectivity index (χ3n) is 2.78. The molecule has 1 heterocycles. The van der Waals surface area contributed by atoms with E-state index in [1.54, 1.807) is 20.4 Å². The molecule has 0 atom stereocenters. The summed E-state index contributed by atoms with van der Waals surface area (Å²) in [4.78, 5) is 8.33. The molecule has 4 heteroatoms. The van der Waals surface area contributed by atoms with E-state index in [1.165, 1.54) is 0 Å². The Balaban J connectivity index is 2.51. The normalized spacial score (nSPS) is 10.2. The number of nitrogens with zero attached hydrogens (tertiary/aromatic N) is 2. The highest BCUT2D eigenvalue weighted by Gasteiger charge is 2.08. The van der Waals surface area contributed by atoms with Crippen LogP contribution in [0.1, 0.15) is 11.1 Å². The summed E-state index contributed by atoms with van der Waals surface area (Å²) >= 11 is 0. The van der Waals surface area contributed by atoms with Gasteiger partial charge in [0.25, 0.3) is 0 Å². The lowest BCUT2D eigenvalue weighted by molar-refractivity contribution is 0.380. The van der Waals surface area contributed by atoms with E-state index >= 15 is 0 Å². The molecule has 0 amide bonds. The minimum Gasteiger partial charge on any atom is -0.496 e. The van der Waals surface area contributed by atoms with Crippen LogP contribution in [0.15, 0.2) is 24.4 Å². The third-order valence-corrected chi connectivity index (χ3v) is 2.78. The first-order valence-corrected chi connectivity index (χ1v) is 5.68. The summed E-state index contributed by atoms with van der Waals surface area (Å²) in [5, 5.41) is 0. The van der Waals surface area contributed by atoms with Gasteiger partial charge in [-0.2, -0.15) is 4.98 Å². The van der Waals surface area contributed by atoms with Crippen molar-refractivity contribution in [3.63, 3.8) is 0 Å². The van der Waals surface area contributed by atoms with Crippen molar-refractivity contribution in [2.45, 2.75) is 13.8 Å². The first kappa shape index (κ1) is 12.4. The number of ether oxygens (including phenoxy) is 2. The second-order valence-electron chi connectivity index (χ2n) is 4.07. The van der Waals surface area contributed by atoms with Crippen LogP contribution in [0.2, 0.25) is 0 Å². The molecular weight excluding hydrogens is 228 g/mol. The van der Waals surface area contributed by atoms with Gasteiger partial charge in [0.15, 0.2) is 0 Å². The third kappa shape index (κ3) is 2.27. The average Bonchev–Trinajstić information content (AvgIpc) is 2.38. The van der Waals surface area contributed by atoms with Crippen LogP contribution in [-0.4, -0.2) is 24.2 Å². The molecule has 0 saturated carbocycles. The fourth-order valence-corrected chi connectivity index (χ4v) is 2.02. The summed E-state index contributed by atoms with van der Waals surface area (Å²) in [6.07, 6.45) is 1.69. The maximum absolute atomic E-state index is 5.35. The molecular formula is C14H16N2O2. The smallest absolute Gasteiger partial charge is 0.316 e. The minimum absolute atomic E-state index is 0.374. The van der Waals surface area contributed by atoms with Crippen LogP contribution in [0.4, 0.5) is 0 Å². The van der Waals surface area contributed by atoms with E-state index in [-0.39, 0.29) is 0 Å². The Morgan fingerprint density at radius 3 is 2.22 bits per heavy atom. The summed E-state index contributed by atoms with van der Waals surface area (Å²) in [6, 6.07) is 6.34. The number of hydrogen-bond donors (Lipinski definition) is 0. The largest absolute Gasteiger partial charge is 0.496 e. The van der Waals surface area contributed by atoms with E-state index in [1.807, 2.05) is 32.0 Å². The molecule has 0 aliphatic carbocycles. The maximum Gasteiger partial charge on any atom is 0.316 e. The molecule has 0 unspecified atom stereocenters. The molecule has 0 N–H and O–H groups in total. The molecule has 0 fully saturated rings. The number of rotatable bonds is 3. The van der Waals surface area contributed by atoms with E-state index in [9.17, 15) is 0 Å². The van der Waals surface area contributed by atoms with Gasteiger partial charge in [0.2, 0.25) is 0 Å².